The van der Waals surface area contributed by atoms with Crippen molar-refractivity contribution in [1.29, 1.82) is 0 Å². The molecule has 0 radical (unpaired) electrons. The van der Waals surface area contributed by atoms with Crippen LogP contribution in [0.3, 0.4) is 0 Å². The van der Waals surface area contributed by atoms with Gasteiger partial charge in [0.05, 0.1) is 13.7 Å². The normalized spacial score (nSPS) is 14.7. The zero-order valence-corrected chi connectivity index (χ0v) is 19.6. The number of methoxy groups -OCH3 is 1. The molecule has 2 heterocycles. The van der Waals surface area contributed by atoms with Crippen molar-refractivity contribution in [1.82, 2.24) is 30.0 Å². The Balaban J connectivity index is 1.33. The molecule has 3 aromatic rings. The number of carbonyl (C=O) groups is 1. The van der Waals surface area contributed by atoms with Gasteiger partial charge in [0.15, 0.2) is 5.82 Å². The van der Waals surface area contributed by atoms with Crippen molar-refractivity contribution < 1.29 is 9.53 Å². The second-order valence-electron chi connectivity index (χ2n) is 7.99. The third-order valence-electron chi connectivity index (χ3n) is 5.62. The Hall–Kier alpha value is -3.23. The average Bonchev–Trinajstić information content (AvgIpc) is 3.24. The Morgan fingerprint density at radius 1 is 1.09 bits per heavy atom. The molecule has 0 bridgehead atoms. The standard InChI is InChI=1S/C24H27ClN6O2/c1-18-26-28-31(27-18)17-21-15-22(25)7-5-20(21)6-10-24(32)30-13-11-29(12-14-30)16-19-3-8-23(33-2)9-4-19/h3-10,15H,11-14,16-17H2,1-2H3/b10-6+. The maximum Gasteiger partial charge on any atom is 0.246 e. The minimum absolute atomic E-state index is 0.00900. The maximum atomic E-state index is 12.8. The predicted molar refractivity (Wildman–Crippen MR) is 127 cm³/mol. The molecule has 4 rings (SSSR count). The van der Waals surface area contributed by atoms with E-state index in [1.807, 2.05) is 41.3 Å². The fourth-order valence-corrected chi connectivity index (χ4v) is 3.99. The first-order chi connectivity index (χ1) is 16.0. The van der Waals surface area contributed by atoms with E-state index in [0.717, 1.165) is 36.5 Å². The van der Waals surface area contributed by atoms with E-state index in [4.69, 9.17) is 16.3 Å². The van der Waals surface area contributed by atoms with Gasteiger partial charge in [-0.25, -0.2) is 0 Å². The summed E-state index contributed by atoms with van der Waals surface area (Å²) >= 11 is 6.18. The second kappa shape index (κ2) is 10.6. The highest BCUT2D eigenvalue weighted by Crippen LogP contribution is 2.19. The van der Waals surface area contributed by atoms with E-state index < -0.39 is 0 Å². The maximum absolute atomic E-state index is 12.8. The van der Waals surface area contributed by atoms with Gasteiger partial charge in [-0.05, 0) is 59.2 Å². The first-order valence-corrected chi connectivity index (χ1v) is 11.2. The van der Waals surface area contributed by atoms with Crippen molar-refractivity contribution in [3.05, 3.63) is 76.1 Å². The summed E-state index contributed by atoms with van der Waals surface area (Å²) in [5, 5.41) is 12.8. The number of ether oxygens (including phenoxy) is 1. The Bertz CT molecular complexity index is 1120. The molecule has 1 aliphatic rings. The summed E-state index contributed by atoms with van der Waals surface area (Å²) in [5.74, 6) is 1.47. The van der Waals surface area contributed by atoms with Crippen LogP contribution >= 0.6 is 11.6 Å². The molecule has 1 saturated heterocycles. The molecular weight excluding hydrogens is 440 g/mol. The number of aryl methyl sites for hydroxylation is 1. The van der Waals surface area contributed by atoms with Gasteiger partial charge in [0, 0.05) is 43.8 Å². The van der Waals surface area contributed by atoms with Crippen LogP contribution in [0.4, 0.5) is 0 Å². The van der Waals surface area contributed by atoms with E-state index >= 15 is 0 Å². The molecule has 2 aromatic carbocycles. The zero-order valence-electron chi connectivity index (χ0n) is 18.8. The lowest BCUT2D eigenvalue weighted by molar-refractivity contribution is -0.127. The Morgan fingerprint density at radius 2 is 1.85 bits per heavy atom. The first-order valence-electron chi connectivity index (χ1n) is 10.9. The van der Waals surface area contributed by atoms with E-state index in [1.54, 1.807) is 20.1 Å². The summed E-state index contributed by atoms with van der Waals surface area (Å²) in [6, 6.07) is 13.7. The Kier molecular flexibility index (Phi) is 7.36. The van der Waals surface area contributed by atoms with Gasteiger partial charge in [-0.1, -0.05) is 29.8 Å². The zero-order chi connectivity index (χ0) is 23.2. The lowest BCUT2D eigenvalue weighted by atomic mass is 10.1. The molecule has 33 heavy (non-hydrogen) atoms. The SMILES string of the molecule is COc1ccc(CN2CCN(C(=O)/C=C/c3ccc(Cl)cc3Cn3nnc(C)n3)CC2)cc1. The van der Waals surface area contributed by atoms with Crippen LogP contribution in [0.15, 0.2) is 48.5 Å². The molecule has 1 aromatic heterocycles. The summed E-state index contributed by atoms with van der Waals surface area (Å²) in [6.07, 6.45) is 3.47. The van der Waals surface area contributed by atoms with E-state index in [2.05, 4.69) is 32.4 Å². The summed E-state index contributed by atoms with van der Waals surface area (Å²) < 4.78 is 5.22. The minimum atomic E-state index is 0.00900. The molecule has 0 N–H and O–H groups in total. The van der Waals surface area contributed by atoms with Gasteiger partial charge in [0.1, 0.15) is 5.75 Å². The summed E-state index contributed by atoms with van der Waals surface area (Å²) in [6.45, 7) is 6.18. The number of nitrogens with zero attached hydrogens (tertiary/aromatic N) is 6. The number of halogens is 1. The van der Waals surface area contributed by atoms with E-state index in [0.29, 0.717) is 30.5 Å². The summed E-state index contributed by atoms with van der Waals surface area (Å²) in [5.41, 5.74) is 3.07. The van der Waals surface area contributed by atoms with Crippen LogP contribution in [0, 0.1) is 6.92 Å². The fraction of sp³-hybridized carbons (Fsp3) is 0.333. The summed E-state index contributed by atoms with van der Waals surface area (Å²) in [7, 11) is 1.67. The van der Waals surface area contributed by atoms with Crippen LogP contribution in [0.1, 0.15) is 22.5 Å². The predicted octanol–water partition coefficient (Wildman–Crippen LogP) is 3.05. The fourth-order valence-electron chi connectivity index (χ4n) is 3.80. The van der Waals surface area contributed by atoms with Gasteiger partial charge in [0.25, 0.3) is 0 Å². The van der Waals surface area contributed by atoms with Gasteiger partial charge in [-0.2, -0.15) is 4.80 Å². The van der Waals surface area contributed by atoms with Crippen LogP contribution in [-0.2, 0) is 17.9 Å². The van der Waals surface area contributed by atoms with Crippen LogP contribution in [0.2, 0.25) is 5.02 Å². The lowest BCUT2D eigenvalue weighted by Crippen LogP contribution is -2.47. The van der Waals surface area contributed by atoms with Crippen LogP contribution in [-0.4, -0.2) is 69.2 Å². The average molecular weight is 467 g/mol. The first kappa shape index (κ1) is 22.9. The van der Waals surface area contributed by atoms with Crippen LogP contribution in [0.25, 0.3) is 6.08 Å². The number of hydrogen-bond donors (Lipinski definition) is 0. The largest absolute Gasteiger partial charge is 0.497 e. The number of piperazine rings is 1. The van der Waals surface area contributed by atoms with Crippen molar-refractivity contribution >= 4 is 23.6 Å². The number of carbonyl (C=O) groups excluding carboxylic acids is 1. The van der Waals surface area contributed by atoms with Gasteiger partial charge in [-0.3, -0.25) is 9.69 Å². The quantitative estimate of drug-likeness (QED) is 0.498. The highest BCUT2D eigenvalue weighted by molar-refractivity contribution is 6.30. The topological polar surface area (TPSA) is 76.4 Å². The molecule has 0 aliphatic carbocycles. The van der Waals surface area contributed by atoms with E-state index in [9.17, 15) is 4.79 Å². The van der Waals surface area contributed by atoms with Crippen molar-refractivity contribution in [2.24, 2.45) is 0 Å². The van der Waals surface area contributed by atoms with Crippen molar-refractivity contribution in [3.8, 4) is 5.75 Å². The molecular formula is C24H27ClN6O2. The molecule has 0 unspecified atom stereocenters. The van der Waals surface area contributed by atoms with Crippen molar-refractivity contribution in [2.75, 3.05) is 33.3 Å². The molecule has 1 aliphatic heterocycles. The number of hydrogen-bond acceptors (Lipinski definition) is 6. The number of benzene rings is 2. The molecule has 9 heteroatoms. The smallest absolute Gasteiger partial charge is 0.246 e. The number of tetrazole rings is 1. The number of aromatic nitrogens is 4. The molecule has 1 fully saturated rings. The molecule has 1 amide bonds. The minimum Gasteiger partial charge on any atom is -0.497 e. The molecule has 0 saturated carbocycles. The lowest BCUT2D eigenvalue weighted by Gasteiger charge is -2.34. The molecule has 0 atom stereocenters. The van der Waals surface area contributed by atoms with Gasteiger partial charge in [-0.15, -0.1) is 10.2 Å². The monoisotopic (exact) mass is 466 g/mol. The van der Waals surface area contributed by atoms with Gasteiger partial charge < -0.3 is 9.64 Å². The highest BCUT2D eigenvalue weighted by Gasteiger charge is 2.19. The highest BCUT2D eigenvalue weighted by atomic mass is 35.5. The Labute approximate surface area is 198 Å². The van der Waals surface area contributed by atoms with Crippen LogP contribution < -0.4 is 4.74 Å². The van der Waals surface area contributed by atoms with E-state index in [-0.39, 0.29) is 5.91 Å². The summed E-state index contributed by atoms with van der Waals surface area (Å²) in [4.78, 5) is 18.6. The molecule has 172 valence electrons. The second-order valence-corrected chi connectivity index (χ2v) is 8.43. The molecule has 8 nitrogen and oxygen atoms in total. The van der Waals surface area contributed by atoms with Crippen molar-refractivity contribution in [3.63, 3.8) is 0 Å². The third kappa shape index (κ3) is 6.18. The Morgan fingerprint density at radius 3 is 2.52 bits per heavy atom. The van der Waals surface area contributed by atoms with E-state index in [1.165, 1.54) is 10.4 Å². The van der Waals surface area contributed by atoms with Gasteiger partial charge in [0.2, 0.25) is 5.91 Å². The number of rotatable bonds is 7. The van der Waals surface area contributed by atoms with Crippen molar-refractivity contribution in [2.45, 2.75) is 20.0 Å². The van der Waals surface area contributed by atoms with Gasteiger partial charge >= 0.3 is 0 Å². The van der Waals surface area contributed by atoms with Crippen LogP contribution in [0.5, 0.6) is 5.75 Å². The molecule has 0 spiro atoms. The number of amides is 1. The third-order valence-corrected chi connectivity index (χ3v) is 5.86.